The third-order valence-electron chi connectivity index (χ3n) is 3.60. The van der Waals surface area contributed by atoms with Crippen molar-refractivity contribution in [3.8, 4) is 11.5 Å². The lowest BCUT2D eigenvalue weighted by Crippen LogP contribution is -2.05. The van der Waals surface area contributed by atoms with Crippen molar-refractivity contribution in [3.05, 3.63) is 57.6 Å². The maximum atomic E-state index is 10.7. The zero-order valence-corrected chi connectivity index (χ0v) is 13.4. The second kappa shape index (κ2) is 6.37. The van der Waals surface area contributed by atoms with Crippen molar-refractivity contribution in [2.75, 3.05) is 14.2 Å². The molecule has 2 rings (SSSR count). The standard InChI is InChI=1S/C17H19ClO3/c1-10-5-6-12(18)8-13(10)17(19)14-9-16(21-4)15(20-3)7-11(14)2/h5-9,17,19H,1-4H3. The van der Waals surface area contributed by atoms with Gasteiger partial charge in [0.15, 0.2) is 11.5 Å². The van der Waals surface area contributed by atoms with E-state index in [2.05, 4.69) is 0 Å². The molecule has 112 valence electrons. The summed E-state index contributed by atoms with van der Waals surface area (Å²) in [6.07, 6.45) is -0.761. The highest BCUT2D eigenvalue weighted by molar-refractivity contribution is 6.30. The third-order valence-corrected chi connectivity index (χ3v) is 3.84. The molecule has 1 N–H and O–H groups in total. The molecule has 0 saturated heterocycles. The molecule has 0 aromatic heterocycles. The molecule has 0 amide bonds. The normalized spacial score (nSPS) is 12.1. The number of halogens is 1. The van der Waals surface area contributed by atoms with Crippen LogP contribution >= 0.6 is 11.6 Å². The van der Waals surface area contributed by atoms with Crippen LogP contribution in [0, 0.1) is 13.8 Å². The minimum atomic E-state index is -0.761. The van der Waals surface area contributed by atoms with Gasteiger partial charge in [0, 0.05) is 5.02 Å². The van der Waals surface area contributed by atoms with Crippen molar-refractivity contribution >= 4 is 11.6 Å². The topological polar surface area (TPSA) is 38.7 Å². The van der Waals surface area contributed by atoms with Gasteiger partial charge < -0.3 is 14.6 Å². The first-order chi connectivity index (χ1) is 9.97. The Labute approximate surface area is 130 Å². The van der Waals surface area contributed by atoms with Gasteiger partial charge in [0.1, 0.15) is 6.10 Å². The predicted octanol–water partition coefficient (Wildman–Crippen LogP) is 4.06. The summed E-state index contributed by atoms with van der Waals surface area (Å²) in [5, 5.41) is 11.3. The summed E-state index contributed by atoms with van der Waals surface area (Å²) in [6.45, 7) is 3.88. The van der Waals surface area contributed by atoms with Crippen LogP contribution in [0.25, 0.3) is 0 Å². The van der Waals surface area contributed by atoms with E-state index in [4.69, 9.17) is 21.1 Å². The van der Waals surface area contributed by atoms with Gasteiger partial charge in [-0.05, 0) is 60.4 Å². The fourth-order valence-electron chi connectivity index (χ4n) is 2.36. The number of aryl methyl sites for hydroxylation is 2. The van der Waals surface area contributed by atoms with Crippen LogP contribution in [-0.4, -0.2) is 19.3 Å². The van der Waals surface area contributed by atoms with E-state index in [1.54, 1.807) is 26.4 Å². The summed E-state index contributed by atoms with van der Waals surface area (Å²) >= 11 is 6.04. The van der Waals surface area contributed by atoms with Gasteiger partial charge in [-0.1, -0.05) is 17.7 Å². The molecule has 0 spiro atoms. The maximum Gasteiger partial charge on any atom is 0.161 e. The quantitative estimate of drug-likeness (QED) is 0.926. The molecule has 0 aliphatic heterocycles. The van der Waals surface area contributed by atoms with Crippen molar-refractivity contribution in [1.29, 1.82) is 0 Å². The van der Waals surface area contributed by atoms with Gasteiger partial charge in [-0.2, -0.15) is 0 Å². The first kappa shape index (κ1) is 15.7. The lowest BCUT2D eigenvalue weighted by molar-refractivity contribution is 0.218. The summed E-state index contributed by atoms with van der Waals surface area (Å²) < 4.78 is 10.6. The van der Waals surface area contributed by atoms with E-state index in [0.29, 0.717) is 16.5 Å². The van der Waals surface area contributed by atoms with Crippen LogP contribution in [0.4, 0.5) is 0 Å². The van der Waals surface area contributed by atoms with Gasteiger partial charge in [-0.15, -0.1) is 0 Å². The minimum absolute atomic E-state index is 0.594. The van der Waals surface area contributed by atoms with E-state index >= 15 is 0 Å². The van der Waals surface area contributed by atoms with E-state index in [-0.39, 0.29) is 0 Å². The van der Waals surface area contributed by atoms with Crippen LogP contribution in [0.15, 0.2) is 30.3 Å². The second-order valence-electron chi connectivity index (χ2n) is 4.97. The first-order valence-corrected chi connectivity index (χ1v) is 7.02. The van der Waals surface area contributed by atoms with Crippen LogP contribution in [0.3, 0.4) is 0 Å². The van der Waals surface area contributed by atoms with Crippen molar-refractivity contribution in [2.45, 2.75) is 20.0 Å². The van der Waals surface area contributed by atoms with Gasteiger partial charge in [0.2, 0.25) is 0 Å². The highest BCUT2D eigenvalue weighted by Crippen LogP contribution is 2.36. The molecule has 1 atom stereocenters. The zero-order chi connectivity index (χ0) is 15.6. The lowest BCUT2D eigenvalue weighted by Gasteiger charge is -2.19. The molecule has 2 aromatic carbocycles. The zero-order valence-electron chi connectivity index (χ0n) is 12.6. The molecule has 1 unspecified atom stereocenters. The molecule has 21 heavy (non-hydrogen) atoms. The average Bonchev–Trinajstić information content (AvgIpc) is 2.48. The Morgan fingerprint density at radius 3 is 2.10 bits per heavy atom. The number of benzene rings is 2. The van der Waals surface area contributed by atoms with Crippen LogP contribution in [0.1, 0.15) is 28.4 Å². The van der Waals surface area contributed by atoms with E-state index in [1.165, 1.54) is 0 Å². The Kier molecular flexibility index (Phi) is 4.76. The van der Waals surface area contributed by atoms with E-state index in [0.717, 1.165) is 22.3 Å². The Hall–Kier alpha value is -1.71. The Morgan fingerprint density at radius 1 is 0.905 bits per heavy atom. The monoisotopic (exact) mass is 306 g/mol. The Morgan fingerprint density at radius 2 is 1.48 bits per heavy atom. The molecular weight excluding hydrogens is 288 g/mol. The molecule has 0 heterocycles. The van der Waals surface area contributed by atoms with Crippen LogP contribution in [0.2, 0.25) is 5.02 Å². The first-order valence-electron chi connectivity index (χ1n) is 6.64. The smallest absolute Gasteiger partial charge is 0.161 e. The van der Waals surface area contributed by atoms with Crippen molar-refractivity contribution in [2.24, 2.45) is 0 Å². The van der Waals surface area contributed by atoms with Crippen molar-refractivity contribution < 1.29 is 14.6 Å². The van der Waals surface area contributed by atoms with Crippen molar-refractivity contribution in [1.82, 2.24) is 0 Å². The molecule has 0 radical (unpaired) electrons. The summed E-state index contributed by atoms with van der Waals surface area (Å²) in [4.78, 5) is 0. The maximum absolute atomic E-state index is 10.7. The summed E-state index contributed by atoms with van der Waals surface area (Å²) in [6, 6.07) is 9.17. The van der Waals surface area contributed by atoms with E-state index < -0.39 is 6.10 Å². The highest BCUT2D eigenvalue weighted by atomic mass is 35.5. The average molecular weight is 307 g/mol. The summed E-state index contributed by atoms with van der Waals surface area (Å²) in [5.41, 5.74) is 3.48. The number of hydrogen-bond donors (Lipinski definition) is 1. The second-order valence-corrected chi connectivity index (χ2v) is 5.40. The fourth-order valence-corrected chi connectivity index (χ4v) is 2.54. The molecular formula is C17H19ClO3. The summed E-state index contributed by atoms with van der Waals surface area (Å²) in [7, 11) is 3.17. The molecule has 0 fully saturated rings. The number of methoxy groups -OCH3 is 2. The SMILES string of the molecule is COc1cc(C)c(C(O)c2cc(Cl)ccc2C)cc1OC. The van der Waals surface area contributed by atoms with Gasteiger partial charge in [0.05, 0.1) is 14.2 Å². The summed E-state index contributed by atoms with van der Waals surface area (Å²) in [5.74, 6) is 1.24. The number of rotatable bonds is 4. The Bertz CT molecular complexity index is 653. The highest BCUT2D eigenvalue weighted by Gasteiger charge is 2.18. The number of aliphatic hydroxyl groups excluding tert-OH is 1. The molecule has 4 heteroatoms. The molecule has 3 nitrogen and oxygen atoms in total. The fraction of sp³-hybridized carbons (Fsp3) is 0.294. The predicted molar refractivity (Wildman–Crippen MR) is 84.5 cm³/mol. The Balaban J connectivity index is 2.52. The lowest BCUT2D eigenvalue weighted by atomic mass is 9.94. The third kappa shape index (κ3) is 3.14. The largest absolute Gasteiger partial charge is 0.493 e. The van der Waals surface area contributed by atoms with Crippen molar-refractivity contribution in [3.63, 3.8) is 0 Å². The van der Waals surface area contributed by atoms with Crippen LogP contribution in [-0.2, 0) is 0 Å². The minimum Gasteiger partial charge on any atom is -0.493 e. The molecule has 0 aliphatic rings. The number of ether oxygens (including phenoxy) is 2. The molecule has 0 bridgehead atoms. The van der Waals surface area contributed by atoms with Crippen LogP contribution in [0.5, 0.6) is 11.5 Å². The molecule has 0 saturated carbocycles. The van der Waals surface area contributed by atoms with Gasteiger partial charge >= 0.3 is 0 Å². The molecule has 2 aromatic rings. The van der Waals surface area contributed by atoms with E-state index in [1.807, 2.05) is 32.0 Å². The number of hydrogen-bond acceptors (Lipinski definition) is 3. The van der Waals surface area contributed by atoms with Crippen LogP contribution < -0.4 is 9.47 Å². The van der Waals surface area contributed by atoms with Gasteiger partial charge in [0.25, 0.3) is 0 Å². The van der Waals surface area contributed by atoms with E-state index in [9.17, 15) is 5.11 Å². The number of aliphatic hydroxyl groups is 1. The van der Waals surface area contributed by atoms with Gasteiger partial charge in [-0.3, -0.25) is 0 Å². The molecule has 0 aliphatic carbocycles. The van der Waals surface area contributed by atoms with Gasteiger partial charge in [-0.25, -0.2) is 0 Å².